The maximum atomic E-state index is 2.49. The molecule has 11 aromatic rings. The first-order valence-electron chi connectivity index (χ1n) is 17.7. The Morgan fingerprint density at radius 1 is 0.275 bits per heavy atom. The van der Waals surface area contributed by atoms with Crippen LogP contribution in [-0.4, -0.2) is 0 Å². The van der Waals surface area contributed by atoms with Crippen molar-refractivity contribution in [3.8, 4) is 11.1 Å². The summed E-state index contributed by atoms with van der Waals surface area (Å²) in [5.74, 6) is 0. The Morgan fingerprint density at radius 2 is 0.745 bits per heavy atom. The molecule has 0 aliphatic rings. The van der Waals surface area contributed by atoms with Gasteiger partial charge in [0.15, 0.2) is 0 Å². The van der Waals surface area contributed by atoms with E-state index in [2.05, 4.69) is 193 Å². The Labute approximate surface area is 295 Å². The maximum absolute atomic E-state index is 2.49. The molecule has 0 amide bonds. The van der Waals surface area contributed by atoms with Crippen LogP contribution in [0.5, 0.6) is 0 Å². The van der Waals surface area contributed by atoms with Gasteiger partial charge in [-0.1, -0.05) is 164 Å². The number of hydrogen-bond acceptors (Lipinski definition) is 1. The molecule has 0 heterocycles. The zero-order valence-electron chi connectivity index (χ0n) is 27.8. The molecule has 0 unspecified atom stereocenters. The van der Waals surface area contributed by atoms with Gasteiger partial charge in [0.1, 0.15) is 0 Å². The van der Waals surface area contributed by atoms with Crippen molar-refractivity contribution >= 4 is 92.5 Å². The van der Waals surface area contributed by atoms with Crippen molar-refractivity contribution in [3.63, 3.8) is 0 Å². The molecule has 0 saturated carbocycles. The maximum Gasteiger partial charge on any atom is 0.0540 e. The molecule has 236 valence electrons. The smallest absolute Gasteiger partial charge is 0.0540 e. The van der Waals surface area contributed by atoms with E-state index in [4.69, 9.17) is 0 Å². The number of fused-ring (bicyclic) bond motifs is 3. The van der Waals surface area contributed by atoms with E-state index in [0.29, 0.717) is 0 Å². The number of nitrogens with zero attached hydrogens (tertiary/aromatic N) is 1. The van der Waals surface area contributed by atoms with Gasteiger partial charge in [-0.25, -0.2) is 0 Å². The Balaban J connectivity index is 1.35. The van der Waals surface area contributed by atoms with E-state index in [1.54, 1.807) is 0 Å². The van der Waals surface area contributed by atoms with Gasteiger partial charge in [-0.3, -0.25) is 0 Å². The van der Waals surface area contributed by atoms with Crippen LogP contribution in [0.25, 0.3) is 86.5 Å². The van der Waals surface area contributed by atoms with Gasteiger partial charge < -0.3 is 4.90 Å². The summed E-state index contributed by atoms with van der Waals surface area (Å²) in [4.78, 5) is 2.49. The second-order valence-electron chi connectivity index (χ2n) is 13.7. The molecule has 0 N–H and O–H groups in total. The standard InChI is InChI=1S/C50H31N/c1-2-12-32(13-3-1)39-20-6-7-24-45(39)51(46-25-11-15-33-14-4-5-19-40(33)46)38-30-37-29-28-36-17-9-22-42-41-21-8-16-34-26-27-35-18-10-23-43(49(35)47(34)41)44(31-38)50(37)48(36)42/h1-31H. The van der Waals surface area contributed by atoms with Crippen molar-refractivity contribution in [2.24, 2.45) is 0 Å². The van der Waals surface area contributed by atoms with Gasteiger partial charge in [-0.05, 0) is 99.8 Å². The molecule has 0 aliphatic heterocycles. The molecule has 0 aliphatic carbocycles. The molecule has 0 saturated heterocycles. The molecule has 11 rings (SSSR count). The van der Waals surface area contributed by atoms with Crippen LogP contribution in [0, 0.1) is 0 Å². The fourth-order valence-corrected chi connectivity index (χ4v) is 8.74. The topological polar surface area (TPSA) is 3.24 Å². The predicted octanol–water partition coefficient (Wildman–Crippen LogP) is 14.3. The second-order valence-corrected chi connectivity index (χ2v) is 13.7. The molecule has 0 spiro atoms. The summed E-state index contributed by atoms with van der Waals surface area (Å²) in [6.45, 7) is 0. The Morgan fingerprint density at radius 3 is 1.45 bits per heavy atom. The fourth-order valence-electron chi connectivity index (χ4n) is 8.74. The highest BCUT2D eigenvalue weighted by Crippen LogP contribution is 2.48. The van der Waals surface area contributed by atoms with Crippen LogP contribution in [0.15, 0.2) is 188 Å². The molecule has 1 nitrogen and oxygen atoms in total. The van der Waals surface area contributed by atoms with Crippen molar-refractivity contribution in [3.05, 3.63) is 188 Å². The lowest BCUT2D eigenvalue weighted by Gasteiger charge is -2.30. The highest BCUT2D eigenvalue weighted by atomic mass is 15.1. The third kappa shape index (κ3) is 4.16. The predicted molar refractivity (Wildman–Crippen MR) is 220 cm³/mol. The summed E-state index contributed by atoms with van der Waals surface area (Å²) in [6.07, 6.45) is 0. The van der Waals surface area contributed by atoms with Crippen LogP contribution >= 0.6 is 0 Å². The lowest BCUT2D eigenvalue weighted by molar-refractivity contribution is 1.31. The first-order valence-corrected chi connectivity index (χ1v) is 17.7. The quantitative estimate of drug-likeness (QED) is 0.172. The summed E-state index contributed by atoms with van der Waals surface area (Å²) in [5, 5.41) is 17.8. The van der Waals surface area contributed by atoms with Crippen LogP contribution in [0.1, 0.15) is 0 Å². The van der Waals surface area contributed by atoms with E-state index in [0.717, 1.165) is 17.1 Å². The van der Waals surface area contributed by atoms with E-state index in [-0.39, 0.29) is 0 Å². The van der Waals surface area contributed by atoms with E-state index >= 15 is 0 Å². The van der Waals surface area contributed by atoms with Crippen LogP contribution in [0.2, 0.25) is 0 Å². The van der Waals surface area contributed by atoms with Gasteiger partial charge in [0, 0.05) is 16.6 Å². The molecule has 51 heavy (non-hydrogen) atoms. The van der Waals surface area contributed by atoms with Crippen LogP contribution in [0.4, 0.5) is 17.1 Å². The summed E-state index contributed by atoms with van der Waals surface area (Å²) in [7, 11) is 0. The molecular weight excluding hydrogens is 615 g/mol. The molecule has 0 atom stereocenters. The van der Waals surface area contributed by atoms with Crippen molar-refractivity contribution in [1.82, 2.24) is 0 Å². The summed E-state index contributed by atoms with van der Waals surface area (Å²) >= 11 is 0. The van der Waals surface area contributed by atoms with Gasteiger partial charge in [0.05, 0.1) is 11.4 Å². The summed E-state index contributed by atoms with van der Waals surface area (Å²) in [5.41, 5.74) is 5.81. The highest BCUT2D eigenvalue weighted by Gasteiger charge is 2.22. The van der Waals surface area contributed by atoms with Gasteiger partial charge in [0.2, 0.25) is 0 Å². The Hall–Kier alpha value is -6.70. The molecule has 1 heteroatoms. The lowest BCUT2D eigenvalue weighted by Crippen LogP contribution is -2.12. The highest BCUT2D eigenvalue weighted by molar-refractivity contribution is 6.37. The van der Waals surface area contributed by atoms with Crippen LogP contribution < -0.4 is 4.90 Å². The van der Waals surface area contributed by atoms with Crippen LogP contribution in [-0.2, 0) is 0 Å². The average Bonchev–Trinajstić information content (AvgIpc) is 3.20. The first-order chi connectivity index (χ1) is 25.3. The largest absolute Gasteiger partial charge is 0.309 e. The van der Waals surface area contributed by atoms with Crippen molar-refractivity contribution < 1.29 is 0 Å². The SMILES string of the molecule is c1ccc(-c2ccccc2N(c2cc3ccc4cccc5c6cccc7ccc8cccc(c(c2)c3c45)c8c76)c2cccc3ccccc23)cc1. The fraction of sp³-hybridized carbons (Fsp3) is 0. The normalized spacial score (nSPS) is 11.9. The second kappa shape index (κ2) is 10.9. The van der Waals surface area contributed by atoms with Gasteiger partial charge in [-0.2, -0.15) is 0 Å². The van der Waals surface area contributed by atoms with E-state index in [9.17, 15) is 0 Å². The summed E-state index contributed by atoms with van der Waals surface area (Å²) in [6, 6.07) is 69.5. The minimum Gasteiger partial charge on any atom is -0.309 e. The molecule has 0 aromatic heterocycles. The van der Waals surface area contributed by atoms with Gasteiger partial charge >= 0.3 is 0 Å². The lowest BCUT2D eigenvalue weighted by atomic mass is 9.87. The number of rotatable bonds is 4. The van der Waals surface area contributed by atoms with Gasteiger partial charge in [-0.15, -0.1) is 0 Å². The average molecular weight is 646 g/mol. The van der Waals surface area contributed by atoms with Crippen molar-refractivity contribution in [2.75, 3.05) is 4.90 Å². The number of anilines is 3. The van der Waals surface area contributed by atoms with Crippen LogP contribution in [0.3, 0.4) is 0 Å². The zero-order chi connectivity index (χ0) is 33.5. The third-order valence-electron chi connectivity index (χ3n) is 10.9. The third-order valence-corrected chi connectivity index (χ3v) is 10.9. The van der Waals surface area contributed by atoms with Gasteiger partial charge in [0.25, 0.3) is 0 Å². The molecule has 0 bridgehead atoms. The number of benzene rings is 10. The van der Waals surface area contributed by atoms with E-state index in [1.807, 2.05) is 0 Å². The number of hydrogen-bond donors (Lipinski definition) is 0. The summed E-state index contributed by atoms with van der Waals surface area (Å²) < 4.78 is 0. The molecule has 0 fully saturated rings. The first kappa shape index (κ1) is 28.2. The molecular formula is C50H31N. The van der Waals surface area contributed by atoms with E-state index in [1.165, 1.54) is 86.5 Å². The zero-order valence-corrected chi connectivity index (χ0v) is 27.8. The minimum atomic E-state index is 1.13. The molecule has 0 radical (unpaired) electrons. The minimum absolute atomic E-state index is 1.13. The van der Waals surface area contributed by atoms with Crippen molar-refractivity contribution in [2.45, 2.75) is 0 Å². The number of para-hydroxylation sites is 1. The molecule has 11 aromatic carbocycles. The van der Waals surface area contributed by atoms with E-state index < -0.39 is 0 Å². The monoisotopic (exact) mass is 645 g/mol. The van der Waals surface area contributed by atoms with Crippen molar-refractivity contribution in [1.29, 1.82) is 0 Å². The Bertz CT molecular complexity index is 3130. The Kier molecular flexibility index (Phi) is 6.02.